The molecule has 1 aliphatic rings. The molecule has 1 aliphatic heterocycles. The van der Waals surface area contributed by atoms with Crippen molar-refractivity contribution >= 4 is 45.0 Å². The molecule has 8 heteroatoms. The molecular formula is C7H6BrN5OS. The number of H-pyrrole nitrogens is 1. The topological polar surface area (TPSA) is 82.5 Å². The number of thioether (sulfide) groups is 1. The van der Waals surface area contributed by atoms with Crippen molar-refractivity contribution in [1.82, 2.24) is 15.5 Å². The van der Waals surface area contributed by atoms with Gasteiger partial charge in [0.2, 0.25) is 5.91 Å². The summed E-state index contributed by atoms with van der Waals surface area (Å²) in [4.78, 5) is 10.8. The van der Waals surface area contributed by atoms with Crippen LogP contribution in [0.3, 0.4) is 0 Å². The first kappa shape index (κ1) is 10.4. The van der Waals surface area contributed by atoms with Crippen molar-refractivity contribution in [2.45, 2.75) is 0 Å². The fourth-order valence-corrected chi connectivity index (χ4v) is 1.81. The largest absolute Gasteiger partial charge is 0.303 e. The third-order valence-corrected chi connectivity index (χ3v) is 3.04. The second-order valence-corrected chi connectivity index (χ2v) is 4.44. The summed E-state index contributed by atoms with van der Waals surface area (Å²) in [7, 11) is 0. The van der Waals surface area contributed by atoms with Crippen LogP contribution < -0.4 is 5.32 Å². The maximum Gasteiger partial charge on any atom is 0.236 e. The molecule has 0 atom stereocenters. The maximum atomic E-state index is 10.8. The number of halogens is 1. The van der Waals surface area contributed by atoms with Crippen LogP contribution in [0.5, 0.6) is 0 Å². The number of aromatic amines is 1. The molecule has 0 saturated carbocycles. The summed E-state index contributed by atoms with van der Waals surface area (Å²) in [6.07, 6.45) is 3.15. The third kappa shape index (κ3) is 2.66. The standard InChI is InChI=1S/C7H6BrN5OS/c8-4-1-9-12-5(4)2-10-13-7-11-6(14)3-15-7/h1-2H,3H2,(H,9,12)(H,11,13,14). The number of amides is 1. The second-order valence-electron chi connectivity index (χ2n) is 2.62. The van der Waals surface area contributed by atoms with Gasteiger partial charge in [-0.05, 0) is 15.9 Å². The van der Waals surface area contributed by atoms with E-state index in [2.05, 4.69) is 41.6 Å². The van der Waals surface area contributed by atoms with Gasteiger partial charge in [0.25, 0.3) is 0 Å². The van der Waals surface area contributed by atoms with Crippen molar-refractivity contribution in [1.29, 1.82) is 0 Å². The van der Waals surface area contributed by atoms with Gasteiger partial charge in [0.05, 0.1) is 28.3 Å². The van der Waals surface area contributed by atoms with E-state index in [1.54, 1.807) is 6.20 Å². The first-order valence-corrected chi connectivity index (χ1v) is 5.76. The number of carbonyl (C=O) groups excluding carboxylic acids is 1. The van der Waals surface area contributed by atoms with Crippen LogP contribution in [0.1, 0.15) is 5.69 Å². The highest BCUT2D eigenvalue weighted by Gasteiger charge is 2.15. The average molecular weight is 288 g/mol. The summed E-state index contributed by atoms with van der Waals surface area (Å²) in [5, 5.41) is 17.3. The molecule has 0 radical (unpaired) electrons. The first-order chi connectivity index (χ1) is 7.25. The van der Waals surface area contributed by atoms with Gasteiger partial charge in [-0.1, -0.05) is 11.8 Å². The highest BCUT2D eigenvalue weighted by Crippen LogP contribution is 2.11. The van der Waals surface area contributed by atoms with Gasteiger partial charge in [-0.2, -0.15) is 10.2 Å². The smallest absolute Gasteiger partial charge is 0.236 e. The lowest BCUT2D eigenvalue weighted by atomic mass is 10.5. The van der Waals surface area contributed by atoms with Crippen molar-refractivity contribution in [2.24, 2.45) is 10.2 Å². The quantitative estimate of drug-likeness (QED) is 0.621. The highest BCUT2D eigenvalue weighted by molar-refractivity contribution is 9.10. The normalized spacial score (nSPS) is 19.0. The van der Waals surface area contributed by atoms with E-state index in [0.717, 1.165) is 10.2 Å². The molecule has 2 heterocycles. The predicted octanol–water partition coefficient (Wildman–Crippen LogP) is 0.725. The van der Waals surface area contributed by atoms with Gasteiger partial charge in [-0.3, -0.25) is 9.89 Å². The Morgan fingerprint density at radius 2 is 2.53 bits per heavy atom. The molecule has 1 saturated heterocycles. The Morgan fingerprint density at radius 3 is 3.13 bits per heavy atom. The Kier molecular flexibility index (Phi) is 3.17. The van der Waals surface area contributed by atoms with E-state index in [1.165, 1.54) is 18.0 Å². The molecule has 1 aromatic heterocycles. The Hall–Kier alpha value is -1.15. The number of amidine groups is 1. The van der Waals surface area contributed by atoms with Gasteiger partial charge >= 0.3 is 0 Å². The Labute approximate surface area is 97.7 Å². The van der Waals surface area contributed by atoms with Crippen LogP contribution in [0, 0.1) is 0 Å². The van der Waals surface area contributed by atoms with Crippen LogP contribution >= 0.6 is 27.7 Å². The van der Waals surface area contributed by atoms with Crippen LogP contribution in [0.15, 0.2) is 20.9 Å². The molecule has 2 N–H and O–H groups in total. The molecule has 0 unspecified atom stereocenters. The molecule has 1 fully saturated rings. The van der Waals surface area contributed by atoms with Crippen LogP contribution in [0.25, 0.3) is 0 Å². The van der Waals surface area contributed by atoms with E-state index >= 15 is 0 Å². The summed E-state index contributed by atoms with van der Waals surface area (Å²) in [6.45, 7) is 0. The Bertz CT molecular complexity index is 440. The fraction of sp³-hybridized carbons (Fsp3) is 0.143. The fourth-order valence-electron chi connectivity index (χ4n) is 0.890. The van der Waals surface area contributed by atoms with Crippen molar-refractivity contribution < 1.29 is 4.79 Å². The van der Waals surface area contributed by atoms with Crippen molar-refractivity contribution in [3.05, 3.63) is 16.4 Å². The molecule has 1 amide bonds. The minimum absolute atomic E-state index is 0.0447. The van der Waals surface area contributed by atoms with E-state index in [9.17, 15) is 4.79 Å². The highest BCUT2D eigenvalue weighted by atomic mass is 79.9. The summed E-state index contributed by atoms with van der Waals surface area (Å²) in [6, 6.07) is 0. The van der Waals surface area contributed by atoms with E-state index < -0.39 is 0 Å². The number of hydrogen-bond donors (Lipinski definition) is 2. The summed E-state index contributed by atoms with van der Waals surface area (Å²) >= 11 is 4.61. The third-order valence-electron chi connectivity index (χ3n) is 1.54. The predicted molar refractivity (Wildman–Crippen MR) is 61.9 cm³/mol. The SMILES string of the molecule is O=C1CSC(=NN=Cc2[nH]ncc2Br)N1. The molecule has 0 aromatic carbocycles. The van der Waals surface area contributed by atoms with E-state index in [1.807, 2.05) is 0 Å². The summed E-state index contributed by atoms with van der Waals surface area (Å²) < 4.78 is 0.814. The summed E-state index contributed by atoms with van der Waals surface area (Å²) in [5.74, 6) is 0.360. The lowest BCUT2D eigenvalue weighted by Crippen LogP contribution is -2.19. The van der Waals surface area contributed by atoms with Gasteiger partial charge in [0, 0.05) is 0 Å². The van der Waals surface area contributed by atoms with Crippen LogP contribution in [-0.4, -0.2) is 33.2 Å². The number of rotatable bonds is 2. The molecule has 0 aliphatic carbocycles. The molecule has 2 rings (SSSR count). The van der Waals surface area contributed by atoms with Crippen molar-refractivity contribution in [3.63, 3.8) is 0 Å². The molecule has 0 bridgehead atoms. The zero-order chi connectivity index (χ0) is 10.7. The number of carbonyl (C=O) groups is 1. The van der Waals surface area contributed by atoms with E-state index in [0.29, 0.717) is 10.9 Å². The van der Waals surface area contributed by atoms with E-state index in [-0.39, 0.29) is 5.91 Å². The zero-order valence-electron chi connectivity index (χ0n) is 7.40. The number of aromatic nitrogens is 2. The first-order valence-electron chi connectivity index (χ1n) is 3.98. The van der Waals surface area contributed by atoms with Crippen LogP contribution in [0.4, 0.5) is 0 Å². The van der Waals surface area contributed by atoms with Gasteiger partial charge in [-0.15, -0.1) is 5.10 Å². The molecule has 78 valence electrons. The maximum absolute atomic E-state index is 10.8. The average Bonchev–Trinajstić information content (AvgIpc) is 2.77. The van der Waals surface area contributed by atoms with E-state index in [4.69, 9.17) is 0 Å². The number of hydrogen-bond acceptors (Lipinski definition) is 5. The lowest BCUT2D eigenvalue weighted by Gasteiger charge is -1.89. The number of nitrogens with zero attached hydrogens (tertiary/aromatic N) is 3. The second kappa shape index (κ2) is 4.58. The van der Waals surface area contributed by atoms with Crippen molar-refractivity contribution in [2.75, 3.05) is 5.75 Å². The van der Waals surface area contributed by atoms with Gasteiger partial charge in [0.15, 0.2) is 5.17 Å². The Balaban J connectivity index is 2.01. The molecule has 6 nitrogen and oxygen atoms in total. The monoisotopic (exact) mass is 287 g/mol. The number of nitrogens with one attached hydrogen (secondary N) is 2. The van der Waals surface area contributed by atoms with Crippen LogP contribution in [-0.2, 0) is 4.79 Å². The Morgan fingerprint density at radius 1 is 1.67 bits per heavy atom. The minimum atomic E-state index is -0.0447. The van der Waals surface area contributed by atoms with Gasteiger partial charge in [-0.25, -0.2) is 0 Å². The van der Waals surface area contributed by atoms with Crippen LogP contribution in [0.2, 0.25) is 0 Å². The van der Waals surface area contributed by atoms with Crippen molar-refractivity contribution in [3.8, 4) is 0 Å². The molecule has 15 heavy (non-hydrogen) atoms. The molecule has 1 aromatic rings. The minimum Gasteiger partial charge on any atom is -0.303 e. The molecular weight excluding hydrogens is 282 g/mol. The lowest BCUT2D eigenvalue weighted by molar-refractivity contribution is -0.116. The van der Waals surface area contributed by atoms with Gasteiger partial charge in [0.1, 0.15) is 0 Å². The van der Waals surface area contributed by atoms with Gasteiger partial charge < -0.3 is 5.32 Å². The summed E-state index contributed by atoms with van der Waals surface area (Å²) in [5.41, 5.74) is 0.730. The zero-order valence-corrected chi connectivity index (χ0v) is 9.80. The molecule has 0 spiro atoms.